The summed E-state index contributed by atoms with van der Waals surface area (Å²) in [5.41, 5.74) is 2.28. The number of aliphatic hydroxyl groups is 1. The lowest BCUT2D eigenvalue weighted by atomic mass is 10.1. The third-order valence-corrected chi connectivity index (χ3v) is 2.89. The summed E-state index contributed by atoms with van der Waals surface area (Å²) < 4.78 is 5.11. The maximum Gasteiger partial charge on any atom is 0.0589 e. The molecule has 0 heterocycles. The third kappa shape index (κ3) is 6.40. The predicted molar refractivity (Wildman–Crippen MR) is 77.8 cm³/mol. The number of nitrogens with zero attached hydrogens (tertiary/aromatic N) is 1. The van der Waals surface area contributed by atoms with E-state index in [-0.39, 0.29) is 6.61 Å². The van der Waals surface area contributed by atoms with Crippen molar-refractivity contribution in [3.05, 3.63) is 35.4 Å². The van der Waals surface area contributed by atoms with Gasteiger partial charge >= 0.3 is 0 Å². The monoisotopic (exact) mass is 261 g/mol. The molecule has 0 saturated carbocycles. The molecule has 0 radical (unpaired) electrons. The summed E-state index contributed by atoms with van der Waals surface area (Å²) in [5, 5.41) is 8.67. The molecule has 0 atom stereocenters. The van der Waals surface area contributed by atoms with E-state index < -0.39 is 0 Å². The van der Waals surface area contributed by atoms with Gasteiger partial charge in [-0.15, -0.1) is 0 Å². The molecule has 3 nitrogen and oxygen atoms in total. The normalized spacial score (nSPS) is 10.3. The van der Waals surface area contributed by atoms with Gasteiger partial charge in [0.15, 0.2) is 0 Å². The zero-order valence-corrected chi connectivity index (χ0v) is 11.9. The van der Waals surface area contributed by atoms with Crippen molar-refractivity contribution >= 4 is 0 Å². The standard InChI is InChI=1S/C16H23NO2/c1-3-17(11-13-19-2)14-16-9-7-15(8-10-16)6-4-5-12-18/h7-10,18H,3,5,11-14H2,1-2H3. The Morgan fingerprint density at radius 1 is 1.26 bits per heavy atom. The lowest BCUT2D eigenvalue weighted by Gasteiger charge is -2.19. The first-order chi connectivity index (χ1) is 9.30. The number of methoxy groups -OCH3 is 1. The van der Waals surface area contributed by atoms with Gasteiger partial charge in [0.05, 0.1) is 13.2 Å². The fraction of sp³-hybridized carbons (Fsp3) is 0.500. The molecule has 19 heavy (non-hydrogen) atoms. The second kappa shape index (κ2) is 9.57. The molecule has 104 valence electrons. The van der Waals surface area contributed by atoms with Gasteiger partial charge in [-0.3, -0.25) is 4.90 Å². The van der Waals surface area contributed by atoms with E-state index in [1.807, 2.05) is 12.1 Å². The van der Waals surface area contributed by atoms with Crippen molar-refractivity contribution < 1.29 is 9.84 Å². The summed E-state index contributed by atoms with van der Waals surface area (Å²) in [6.07, 6.45) is 0.530. The lowest BCUT2D eigenvalue weighted by Crippen LogP contribution is -2.26. The average molecular weight is 261 g/mol. The van der Waals surface area contributed by atoms with Crippen LogP contribution in [0.25, 0.3) is 0 Å². The van der Waals surface area contributed by atoms with Crippen LogP contribution in [0.1, 0.15) is 24.5 Å². The van der Waals surface area contributed by atoms with Crippen LogP contribution in [0, 0.1) is 11.8 Å². The van der Waals surface area contributed by atoms with Gasteiger partial charge in [-0.1, -0.05) is 30.9 Å². The van der Waals surface area contributed by atoms with Gasteiger partial charge in [-0.25, -0.2) is 0 Å². The van der Waals surface area contributed by atoms with Crippen molar-refractivity contribution in [2.45, 2.75) is 19.9 Å². The average Bonchev–Trinajstić information content (AvgIpc) is 2.45. The lowest BCUT2D eigenvalue weighted by molar-refractivity contribution is 0.147. The topological polar surface area (TPSA) is 32.7 Å². The Bertz CT molecular complexity index is 403. The minimum Gasteiger partial charge on any atom is -0.395 e. The summed E-state index contributed by atoms with van der Waals surface area (Å²) in [5.74, 6) is 5.95. The molecule has 0 saturated heterocycles. The Morgan fingerprint density at radius 2 is 2.00 bits per heavy atom. The molecule has 1 aromatic rings. The zero-order chi connectivity index (χ0) is 13.9. The van der Waals surface area contributed by atoms with Crippen LogP contribution in [0.5, 0.6) is 0 Å². The summed E-state index contributed by atoms with van der Waals surface area (Å²) in [7, 11) is 1.73. The van der Waals surface area contributed by atoms with Crippen LogP contribution in [0.3, 0.4) is 0 Å². The molecular weight excluding hydrogens is 238 g/mol. The Morgan fingerprint density at radius 3 is 2.58 bits per heavy atom. The van der Waals surface area contributed by atoms with E-state index in [1.165, 1.54) is 5.56 Å². The van der Waals surface area contributed by atoms with E-state index in [4.69, 9.17) is 9.84 Å². The Hall–Kier alpha value is -1.34. The molecule has 1 N–H and O–H groups in total. The first-order valence-electron chi connectivity index (χ1n) is 6.70. The third-order valence-electron chi connectivity index (χ3n) is 2.89. The van der Waals surface area contributed by atoms with Crippen molar-refractivity contribution in [3.63, 3.8) is 0 Å². The van der Waals surface area contributed by atoms with Crippen LogP contribution >= 0.6 is 0 Å². The maximum absolute atomic E-state index is 8.67. The van der Waals surface area contributed by atoms with Gasteiger partial charge in [0, 0.05) is 32.2 Å². The molecule has 0 fully saturated rings. The maximum atomic E-state index is 8.67. The Labute approximate surface area is 116 Å². The number of ether oxygens (including phenoxy) is 1. The van der Waals surface area contributed by atoms with E-state index in [0.717, 1.165) is 31.8 Å². The first-order valence-corrected chi connectivity index (χ1v) is 6.70. The van der Waals surface area contributed by atoms with Crippen molar-refractivity contribution in [3.8, 4) is 11.8 Å². The zero-order valence-electron chi connectivity index (χ0n) is 11.9. The molecule has 0 spiro atoms. The fourth-order valence-electron chi connectivity index (χ4n) is 1.74. The highest BCUT2D eigenvalue weighted by molar-refractivity contribution is 5.36. The van der Waals surface area contributed by atoms with Gasteiger partial charge in [0.25, 0.3) is 0 Å². The molecule has 0 aromatic heterocycles. The van der Waals surface area contributed by atoms with E-state index in [0.29, 0.717) is 6.42 Å². The predicted octanol–water partition coefficient (Wildman–Crippen LogP) is 1.89. The molecule has 3 heteroatoms. The van der Waals surface area contributed by atoms with Gasteiger partial charge in [-0.05, 0) is 24.2 Å². The molecule has 0 aliphatic carbocycles. The largest absolute Gasteiger partial charge is 0.395 e. The fourth-order valence-corrected chi connectivity index (χ4v) is 1.74. The van der Waals surface area contributed by atoms with Crippen LogP contribution < -0.4 is 0 Å². The van der Waals surface area contributed by atoms with Gasteiger partial charge in [0.2, 0.25) is 0 Å². The van der Waals surface area contributed by atoms with Crippen molar-refractivity contribution in [1.29, 1.82) is 0 Å². The molecule has 0 aliphatic rings. The Balaban J connectivity index is 2.53. The minimum absolute atomic E-state index is 0.121. The highest BCUT2D eigenvalue weighted by Gasteiger charge is 2.03. The second-order valence-electron chi connectivity index (χ2n) is 4.33. The highest BCUT2D eigenvalue weighted by Crippen LogP contribution is 2.07. The quantitative estimate of drug-likeness (QED) is 0.761. The molecular formula is C16H23NO2. The van der Waals surface area contributed by atoms with Gasteiger partial charge < -0.3 is 9.84 Å². The van der Waals surface area contributed by atoms with Gasteiger partial charge in [-0.2, -0.15) is 0 Å². The summed E-state index contributed by atoms with van der Waals surface area (Å²) >= 11 is 0. The molecule has 0 aliphatic heterocycles. The van der Waals surface area contributed by atoms with E-state index in [2.05, 4.69) is 35.8 Å². The van der Waals surface area contributed by atoms with Crippen LogP contribution in [-0.2, 0) is 11.3 Å². The molecule has 0 bridgehead atoms. The van der Waals surface area contributed by atoms with Crippen LogP contribution in [0.15, 0.2) is 24.3 Å². The summed E-state index contributed by atoms with van der Waals surface area (Å²) in [4.78, 5) is 2.34. The molecule has 0 amide bonds. The number of aliphatic hydroxyl groups excluding tert-OH is 1. The summed E-state index contributed by atoms with van der Waals surface area (Å²) in [6, 6.07) is 8.28. The van der Waals surface area contributed by atoms with Crippen LogP contribution in [0.2, 0.25) is 0 Å². The van der Waals surface area contributed by atoms with Crippen molar-refractivity contribution in [2.75, 3.05) is 33.4 Å². The number of benzene rings is 1. The van der Waals surface area contributed by atoms with Crippen molar-refractivity contribution in [1.82, 2.24) is 4.90 Å². The van der Waals surface area contributed by atoms with E-state index in [1.54, 1.807) is 7.11 Å². The number of rotatable bonds is 7. The van der Waals surface area contributed by atoms with E-state index >= 15 is 0 Å². The number of likely N-dealkylation sites (N-methyl/N-ethyl adjacent to an activating group) is 1. The SMILES string of the molecule is CCN(CCOC)Cc1ccc(C#CCCO)cc1. The highest BCUT2D eigenvalue weighted by atomic mass is 16.5. The summed E-state index contributed by atoms with van der Waals surface area (Å²) in [6.45, 7) is 5.94. The first kappa shape index (κ1) is 15.7. The van der Waals surface area contributed by atoms with Crippen molar-refractivity contribution in [2.24, 2.45) is 0 Å². The van der Waals surface area contributed by atoms with Crippen LogP contribution in [-0.4, -0.2) is 43.4 Å². The number of hydrogen-bond donors (Lipinski definition) is 1. The van der Waals surface area contributed by atoms with E-state index in [9.17, 15) is 0 Å². The molecule has 1 aromatic carbocycles. The number of hydrogen-bond acceptors (Lipinski definition) is 3. The molecule has 1 rings (SSSR count). The second-order valence-corrected chi connectivity index (χ2v) is 4.33. The minimum atomic E-state index is 0.121. The Kier molecular flexibility index (Phi) is 7.92. The molecule has 0 unspecified atom stereocenters. The van der Waals surface area contributed by atoms with Gasteiger partial charge in [0.1, 0.15) is 0 Å². The van der Waals surface area contributed by atoms with Crippen LogP contribution in [0.4, 0.5) is 0 Å². The smallest absolute Gasteiger partial charge is 0.0589 e.